The molecule has 1 fully saturated rings. The van der Waals surface area contributed by atoms with Crippen molar-refractivity contribution in [2.24, 2.45) is 5.92 Å². The average Bonchev–Trinajstić information content (AvgIpc) is 2.35. The number of rotatable bonds is 2. The first-order valence-electron chi connectivity index (χ1n) is 3.56. The van der Waals surface area contributed by atoms with E-state index in [9.17, 15) is 9.59 Å². The molecule has 1 atom stereocenters. The average molecular weight is 159 g/mol. The third-order valence-corrected chi connectivity index (χ3v) is 1.74. The van der Waals surface area contributed by atoms with Crippen molar-refractivity contribution < 1.29 is 15.8 Å². The molecular formula is C7H13NO3. The molecule has 1 amide bonds. The van der Waals surface area contributed by atoms with Crippen molar-refractivity contribution in [3.8, 4) is 0 Å². The minimum atomic E-state index is -0.244. The zero-order valence-electron chi connectivity index (χ0n) is 6.42. The second-order valence-electron chi connectivity index (χ2n) is 2.65. The van der Waals surface area contributed by atoms with Crippen LogP contribution in [0.5, 0.6) is 0 Å². The minimum Gasteiger partial charge on any atom is -0.469 e. The van der Waals surface area contributed by atoms with Crippen LogP contribution in [0, 0.1) is 5.92 Å². The maximum atomic E-state index is 10.7. The van der Waals surface area contributed by atoms with Crippen molar-refractivity contribution in [1.29, 1.82) is 0 Å². The van der Waals surface area contributed by atoms with E-state index in [1.54, 1.807) is 0 Å². The zero-order chi connectivity index (χ0) is 8.27. The van der Waals surface area contributed by atoms with E-state index in [4.69, 9.17) is 0 Å². The van der Waals surface area contributed by atoms with Gasteiger partial charge in [-0.2, -0.15) is 0 Å². The first-order chi connectivity index (χ1) is 5.22. The number of esters is 1. The molecular weight excluding hydrogens is 146 g/mol. The third-order valence-electron chi connectivity index (χ3n) is 1.74. The van der Waals surface area contributed by atoms with Gasteiger partial charge in [0.25, 0.3) is 0 Å². The van der Waals surface area contributed by atoms with Crippen molar-refractivity contribution in [2.45, 2.75) is 12.8 Å². The predicted molar refractivity (Wildman–Crippen MR) is 39.9 cm³/mol. The van der Waals surface area contributed by atoms with E-state index in [1.165, 1.54) is 7.11 Å². The number of nitrogens with one attached hydrogen (secondary N) is 1. The molecule has 1 aliphatic rings. The molecule has 0 aromatic carbocycles. The Morgan fingerprint density at radius 1 is 1.91 bits per heavy atom. The second kappa shape index (κ2) is 3.37. The third kappa shape index (κ3) is 2.22. The minimum absolute atomic E-state index is 0. The molecule has 0 aromatic rings. The highest BCUT2D eigenvalue weighted by molar-refractivity contribution is 5.79. The summed E-state index contributed by atoms with van der Waals surface area (Å²) in [4.78, 5) is 21.4. The lowest BCUT2D eigenvalue weighted by Crippen LogP contribution is -2.15. The fourth-order valence-corrected chi connectivity index (χ4v) is 1.13. The van der Waals surface area contributed by atoms with Crippen LogP contribution >= 0.6 is 0 Å². The smallest absolute Gasteiger partial charge is 0.305 e. The van der Waals surface area contributed by atoms with Gasteiger partial charge in [0, 0.05) is 14.4 Å². The van der Waals surface area contributed by atoms with E-state index in [0.29, 0.717) is 19.4 Å². The number of hydrogen-bond donors (Lipinski definition) is 1. The molecule has 4 heteroatoms. The van der Waals surface area contributed by atoms with Gasteiger partial charge in [0.2, 0.25) is 5.91 Å². The summed E-state index contributed by atoms with van der Waals surface area (Å²) < 4.78 is 4.47. The fourth-order valence-electron chi connectivity index (χ4n) is 1.13. The van der Waals surface area contributed by atoms with E-state index in [1.807, 2.05) is 0 Å². The summed E-state index contributed by atoms with van der Waals surface area (Å²) in [5, 5.41) is 2.65. The molecule has 0 radical (unpaired) electrons. The molecule has 0 spiro atoms. The molecule has 64 valence electrons. The van der Waals surface area contributed by atoms with Crippen molar-refractivity contribution in [3.63, 3.8) is 0 Å². The van der Waals surface area contributed by atoms with Gasteiger partial charge in [-0.05, 0) is 5.92 Å². The van der Waals surface area contributed by atoms with Crippen LogP contribution in [0.25, 0.3) is 0 Å². The van der Waals surface area contributed by atoms with Gasteiger partial charge in [-0.15, -0.1) is 0 Å². The first kappa shape index (κ1) is 8.04. The number of hydrogen-bond acceptors (Lipinski definition) is 3. The SMILES string of the molecule is COC(=O)CC1CNC(=O)C1.[HH]. The Morgan fingerprint density at radius 2 is 2.64 bits per heavy atom. The van der Waals surface area contributed by atoms with Gasteiger partial charge in [-0.25, -0.2) is 0 Å². The lowest BCUT2D eigenvalue weighted by atomic mass is 10.1. The Hall–Kier alpha value is -1.06. The second-order valence-corrected chi connectivity index (χ2v) is 2.65. The van der Waals surface area contributed by atoms with Crippen LogP contribution in [0.2, 0.25) is 0 Å². The molecule has 1 rings (SSSR count). The van der Waals surface area contributed by atoms with E-state index in [0.717, 1.165) is 0 Å². The summed E-state index contributed by atoms with van der Waals surface area (Å²) in [6.07, 6.45) is 0.796. The van der Waals surface area contributed by atoms with E-state index in [2.05, 4.69) is 10.1 Å². The highest BCUT2D eigenvalue weighted by atomic mass is 16.5. The van der Waals surface area contributed by atoms with Crippen molar-refractivity contribution in [2.75, 3.05) is 13.7 Å². The quantitative estimate of drug-likeness (QED) is 0.574. The van der Waals surface area contributed by atoms with Crippen molar-refractivity contribution in [1.82, 2.24) is 5.32 Å². The van der Waals surface area contributed by atoms with Gasteiger partial charge in [0.15, 0.2) is 0 Å². The first-order valence-corrected chi connectivity index (χ1v) is 3.56. The number of carbonyl (C=O) groups is 2. The van der Waals surface area contributed by atoms with E-state index in [-0.39, 0.29) is 19.2 Å². The van der Waals surface area contributed by atoms with Gasteiger partial charge in [0.1, 0.15) is 0 Å². The molecule has 0 aromatic heterocycles. The molecule has 0 saturated carbocycles. The highest BCUT2D eigenvalue weighted by Gasteiger charge is 2.23. The summed E-state index contributed by atoms with van der Waals surface area (Å²) in [6.45, 7) is 0.605. The number of amides is 1. The zero-order valence-corrected chi connectivity index (χ0v) is 6.42. The monoisotopic (exact) mass is 159 g/mol. The fraction of sp³-hybridized carbons (Fsp3) is 0.714. The molecule has 1 heterocycles. The van der Waals surface area contributed by atoms with Crippen LogP contribution in [-0.4, -0.2) is 25.5 Å². The summed E-state index contributed by atoms with van der Waals surface area (Å²) in [5.41, 5.74) is 0. The summed E-state index contributed by atoms with van der Waals surface area (Å²) in [6, 6.07) is 0. The van der Waals surface area contributed by atoms with Crippen molar-refractivity contribution in [3.05, 3.63) is 0 Å². The Kier molecular flexibility index (Phi) is 2.46. The summed E-state index contributed by atoms with van der Waals surface area (Å²) in [5.74, 6) is -0.0830. The van der Waals surface area contributed by atoms with Gasteiger partial charge in [-0.3, -0.25) is 9.59 Å². The number of methoxy groups -OCH3 is 1. The Morgan fingerprint density at radius 3 is 3.09 bits per heavy atom. The van der Waals surface area contributed by atoms with Gasteiger partial charge >= 0.3 is 5.97 Å². The maximum Gasteiger partial charge on any atom is 0.305 e. The number of ether oxygens (including phenoxy) is 1. The maximum absolute atomic E-state index is 10.7. The predicted octanol–water partition coefficient (Wildman–Crippen LogP) is -0.0684. The van der Waals surface area contributed by atoms with Gasteiger partial charge in [-0.1, -0.05) is 0 Å². The summed E-state index contributed by atoms with van der Waals surface area (Å²) in [7, 11) is 1.35. The normalized spacial score (nSPS) is 23.0. The molecule has 1 unspecified atom stereocenters. The highest BCUT2D eigenvalue weighted by Crippen LogP contribution is 2.13. The van der Waals surface area contributed by atoms with Crippen LogP contribution in [-0.2, 0) is 14.3 Å². The van der Waals surface area contributed by atoms with Crippen LogP contribution in [0.3, 0.4) is 0 Å². The number of carbonyl (C=O) groups excluding carboxylic acids is 2. The van der Waals surface area contributed by atoms with Crippen LogP contribution in [0.4, 0.5) is 0 Å². The molecule has 1 N–H and O–H groups in total. The Bertz CT molecular complexity index is 183. The van der Waals surface area contributed by atoms with Gasteiger partial charge < -0.3 is 10.1 Å². The molecule has 1 aliphatic heterocycles. The standard InChI is InChI=1S/C7H11NO3.H2/c1-11-7(10)3-5-2-6(9)8-4-5;/h5H,2-4H2,1H3,(H,8,9);1H. The van der Waals surface area contributed by atoms with Crippen molar-refractivity contribution >= 4 is 11.9 Å². The van der Waals surface area contributed by atoms with Crippen LogP contribution in [0.15, 0.2) is 0 Å². The molecule has 11 heavy (non-hydrogen) atoms. The summed E-state index contributed by atoms with van der Waals surface area (Å²) >= 11 is 0. The Labute approximate surface area is 66.4 Å². The van der Waals surface area contributed by atoms with Gasteiger partial charge in [0.05, 0.1) is 13.5 Å². The van der Waals surface area contributed by atoms with E-state index < -0.39 is 0 Å². The molecule has 4 nitrogen and oxygen atoms in total. The topological polar surface area (TPSA) is 55.4 Å². The molecule has 0 bridgehead atoms. The largest absolute Gasteiger partial charge is 0.469 e. The Balaban J connectivity index is 0.00000121. The lowest BCUT2D eigenvalue weighted by Gasteiger charge is -2.03. The lowest BCUT2D eigenvalue weighted by molar-refractivity contribution is -0.141. The van der Waals surface area contributed by atoms with Crippen LogP contribution < -0.4 is 5.32 Å². The molecule has 0 aliphatic carbocycles. The van der Waals surface area contributed by atoms with Crippen LogP contribution in [0.1, 0.15) is 14.3 Å². The van der Waals surface area contributed by atoms with E-state index >= 15 is 0 Å². The molecule has 1 saturated heterocycles.